The number of nitrogens with zero attached hydrogens (tertiary/aromatic N) is 1. The third-order valence-electron chi connectivity index (χ3n) is 4.66. The van der Waals surface area contributed by atoms with Crippen molar-refractivity contribution in [2.45, 2.75) is 46.6 Å². The Morgan fingerprint density at radius 3 is 2.25 bits per heavy atom. The van der Waals surface area contributed by atoms with Gasteiger partial charge in [0.15, 0.2) is 17.2 Å². The minimum absolute atomic E-state index is 0.162. The number of aromatic nitrogens is 1. The fourth-order valence-electron chi connectivity index (χ4n) is 2.86. The van der Waals surface area contributed by atoms with Crippen molar-refractivity contribution in [1.29, 1.82) is 0 Å². The number of carbonyl (C=O) groups excluding carboxylic acids is 2. The number of carbonyl (C=O) groups is 2. The summed E-state index contributed by atoms with van der Waals surface area (Å²) >= 11 is 0. The van der Waals surface area contributed by atoms with Crippen LogP contribution in [0.4, 0.5) is 8.78 Å². The highest BCUT2D eigenvalue weighted by Gasteiger charge is 2.13. The van der Waals surface area contributed by atoms with Crippen LogP contribution in [0.1, 0.15) is 47.4 Å². The first-order valence-corrected chi connectivity index (χ1v) is 11.2. The predicted octanol–water partition coefficient (Wildman–Crippen LogP) is 5.05. The lowest BCUT2D eigenvalue weighted by atomic mass is 10.1. The zero-order valence-electron chi connectivity index (χ0n) is 21.0. The Bertz CT molecular complexity index is 1140. The van der Waals surface area contributed by atoms with Crippen molar-refractivity contribution in [1.82, 2.24) is 4.98 Å². The number of esters is 1. The van der Waals surface area contributed by atoms with E-state index in [1.165, 1.54) is 37.6 Å². The van der Waals surface area contributed by atoms with Crippen LogP contribution in [-0.4, -0.2) is 35.2 Å². The zero-order chi connectivity index (χ0) is 27.3. The van der Waals surface area contributed by atoms with Gasteiger partial charge in [0.25, 0.3) is 5.91 Å². The Hall–Kier alpha value is -4.01. The minimum atomic E-state index is -0.786. The molecule has 0 spiro atoms. The summed E-state index contributed by atoms with van der Waals surface area (Å²) in [6.45, 7) is 7.21. The summed E-state index contributed by atoms with van der Waals surface area (Å²) in [5.74, 6) is -1.58. The van der Waals surface area contributed by atoms with Gasteiger partial charge in [0, 0.05) is 25.1 Å². The number of nitrogens with two attached hydrogens (primary N) is 1. The molecule has 1 atom stereocenters. The van der Waals surface area contributed by atoms with Crippen LogP contribution >= 0.6 is 0 Å². The van der Waals surface area contributed by atoms with Gasteiger partial charge < -0.3 is 20.3 Å². The molecule has 0 aliphatic rings. The third kappa shape index (κ3) is 10.5. The van der Waals surface area contributed by atoms with Crippen LogP contribution in [0.15, 0.2) is 54.7 Å². The number of methoxy groups -OCH3 is 1. The van der Waals surface area contributed by atoms with Crippen molar-refractivity contribution in [3.63, 3.8) is 0 Å². The summed E-state index contributed by atoms with van der Waals surface area (Å²) in [7, 11) is 1.37. The average molecular weight is 503 g/mol. The van der Waals surface area contributed by atoms with E-state index in [1.807, 2.05) is 26.0 Å². The second-order valence-electron chi connectivity index (χ2n) is 7.83. The first-order chi connectivity index (χ1) is 17.0. The summed E-state index contributed by atoms with van der Waals surface area (Å²) < 4.78 is 35.5. The number of hydrogen-bond acceptors (Lipinski definition) is 6. The van der Waals surface area contributed by atoms with Crippen LogP contribution in [0.3, 0.4) is 0 Å². The van der Waals surface area contributed by atoms with Crippen molar-refractivity contribution in [3.8, 4) is 11.5 Å². The highest BCUT2D eigenvalue weighted by atomic mass is 19.1. The van der Waals surface area contributed by atoms with Gasteiger partial charge in [-0.15, -0.1) is 0 Å². The summed E-state index contributed by atoms with van der Waals surface area (Å²) in [5, 5.41) is 9.27. The van der Waals surface area contributed by atoms with E-state index in [-0.39, 0.29) is 40.9 Å². The molecule has 9 heteroatoms. The van der Waals surface area contributed by atoms with E-state index in [0.29, 0.717) is 18.4 Å². The molecule has 2 aromatic carbocycles. The van der Waals surface area contributed by atoms with E-state index in [1.54, 1.807) is 26.0 Å². The number of pyridine rings is 1. The Kier molecular flexibility index (Phi) is 12.6. The standard InChI is InChI=1S/C13H17FO2.C7H7F.C7H8N2O3/c1-4-13(15)16-10(3)8-11-6-5-9(2)7-12(11)14;1-6-3-2-4-7(8)5-6;1-12-4-2-3-9-5(6(4)10)7(8)11/h5-7,10H,4,8H2,1-3H3;2-5H,1H3;2-3,10H,1H3,(H2,8,11). The molecule has 0 aliphatic carbocycles. The summed E-state index contributed by atoms with van der Waals surface area (Å²) in [5.41, 5.74) is 7.17. The average Bonchev–Trinajstić information content (AvgIpc) is 2.81. The molecule has 0 saturated heterocycles. The maximum atomic E-state index is 13.5. The van der Waals surface area contributed by atoms with E-state index in [0.717, 1.165) is 11.1 Å². The highest BCUT2D eigenvalue weighted by molar-refractivity contribution is 5.94. The van der Waals surface area contributed by atoms with Crippen LogP contribution in [0, 0.1) is 25.5 Å². The van der Waals surface area contributed by atoms with Gasteiger partial charge in [-0.1, -0.05) is 31.2 Å². The van der Waals surface area contributed by atoms with E-state index in [9.17, 15) is 23.5 Å². The predicted molar refractivity (Wildman–Crippen MR) is 133 cm³/mol. The van der Waals surface area contributed by atoms with Crippen LogP contribution in [0.5, 0.6) is 11.5 Å². The molecule has 1 heterocycles. The van der Waals surface area contributed by atoms with E-state index >= 15 is 0 Å². The minimum Gasteiger partial charge on any atom is -0.503 e. The van der Waals surface area contributed by atoms with E-state index in [2.05, 4.69) is 4.98 Å². The normalized spacial score (nSPS) is 10.6. The second-order valence-corrected chi connectivity index (χ2v) is 7.83. The van der Waals surface area contributed by atoms with Crippen LogP contribution in [0.25, 0.3) is 0 Å². The molecule has 3 N–H and O–H groups in total. The summed E-state index contributed by atoms with van der Waals surface area (Å²) in [4.78, 5) is 25.3. The number of primary amides is 1. The molecule has 194 valence electrons. The number of benzene rings is 2. The number of aromatic hydroxyl groups is 1. The molecule has 36 heavy (non-hydrogen) atoms. The van der Waals surface area contributed by atoms with Crippen molar-refractivity contribution in [2.75, 3.05) is 7.11 Å². The largest absolute Gasteiger partial charge is 0.503 e. The van der Waals surface area contributed by atoms with Gasteiger partial charge in [-0.05, 0) is 55.7 Å². The van der Waals surface area contributed by atoms with Gasteiger partial charge >= 0.3 is 5.97 Å². The number of ether oxygens (including phenoxy) is 2. The fourth-order valence-corrected chi connectivity index (χ4v) is 2.86. The lowest BCUT2D eigenvalue weighted by Gasteiger charge is -2.13. The number of hydrogen-bond donors (Lipinski definition) is 2. The maximum absolute atomic E-state index is 13.5. The van der Waals surface area contributed by atoms with Crippen molar-refractivity contribution < 1.29 is 33.0 Å². The van der Waals surface area contributed by atoms with Crippen molar-refractivity contribution in [3.05, 3.63) is 88.7 Å². The molecule has 0 bridgehead atoms. The molecule has 3 rings (SSSR count). The van der Waals surface area contributed by atoms with Gasteiger partial charge in [0.1, 0.15) is 17.7 Å². The Morgan fingerprint density at radius 1 is 1.08 bits per heavy atom. The molecule has 1 amide bonds. The molecule has 0 aliphatic heterocycles. The molecule has 0 fully saturated rings. The van der Waals surface area contributed by atoms with Gasteiger partial charge in [-0.3, -0.25) is 9.59 Å². The second kappa shape index (κ2) is 15.1. The van der Waals surface area contributed by atoms with Gasteiger partial charge in [-0.25, -0.2) is 13.8 Å². The smallest absolute Gasteiger partial charge is 0.305 e. The quantitative estimate of drug-likeness (QED) is 0.457. The Labute approximate surface area is 209 Å². The van der Waals surface area contributed by atoms with Crippen LogP contribution in [-0.2, 0) is 16.0 Å². The van der Waals surface area contributed by atoms with Crippen LogP contribution < -0.4 is 10.5 Å². The van der Waals surface area contributed by atoms with Crippen molar-refractivity contribution in [2.24, 2.45) is 5.73 Å². The van der Waals surface area contributed by atoms with E-state index in [4.69, 9.17) is 15.2 Å². The molecule has 3 aromatic rings. The molecular formula is C27H32F2N2O5. The number of amides is 1. The molecule has 0 saturated carbocycles. The van der Waals surface area contributed by atoms with Gasteiger partial charge in [0.2, 0.25) is 0 Å². The molecule has 0 radical (unpaired) electrons. The monoisotopic (exact) mass is 502 g/mol. The fraction of sp³-hybridized carbons (Fsp3) is 0.296. The molecular weight excluding hydrogens is 470 g/mol. The first kappa shape index (κ1) is 30.0. The first-order valence-electron chi connectivity index (χ1n) is 11.2. The number of halogens is 2. The highest BCUT2D eigenvalue weighted by Crippen LogP contribution is 2.26. The summed E-state index contributed by atoms with van der Waals surface area (Å²) in [6, 6.07) is 13.0. The lowest BCUT2D eigenvalue weighted by molar-refractivity contribution is -0.147. The number of rotatable bonds is 6. The molecule has 1 aromatic heterocycles. The Morgan fingerprint density at radius 2 is 1.75 bits per heavy atom. The topological polar surface area (TPSA) is 112 Å². The third-order valence-corrected chi connectivity index (χ3v) is 4.66. The van der Waals surface area contributed by atoms with E-state index < -0.39 is 5.91 Å². The maximum Gasteiger partial charge on any atom is 0.305 e. The molecule has 7 nitrogen and oxygen atoms in total. The SMILES string of the molecule is CCC(=O)OC(C)Cc1ccc(C)cc1F.COc1ccnc(C(N)=O)c1O.Cc1cccc(F)c1. The zero-order valence-corrected chi connectivity index (χ0v) is 21.0. The van der Waals surface area contributed by atoms with Gasteiger partial charge in [-0.2, -0.15) is 0 Å². The summed E-state index contributed by atoms with van der Waals surface area (Å²) in [6.07, 6.45) is 1.81. The van der Waals surface area contributed by atoms with Crippen molar-refractivity contribution >= 4 is 11.9 Å². The molecule has 1 unspecified atom stereocenters. The van der Waals surface area contributed by atoms with Crippen LogP contribution in [0.2, 0.25) is 0 Å². The Balaban J connectivity index is 0.000000285. The number of aryl methyl sites for hydroxylation is 2. The lowest BCUT2D eigenvalue weighted by Crippen LogP contribution is -2.17. The van der Waals surface area contributed by atoms with Gasteiger partial charge in [0.05, 0.1) is 7.11 Å².